The zero-order chi connectivity index (χ0) is 26.5. The average Bonchev–Trinajstić information content (AvgIpc) is 3.53. The number of hydrogen-bond acceptors (Lipinski definition) is 7. The van der Waals surface area contributed by atoms with Gasteiger partial charge in [0.2, 0.25) is 5.90 Å². The minimum Gasteiger partial charge on any atom is -0.474 e. The number of aryl methyl sites for hydroxylation is 2. The Bertz CT molecular complexity index is 1430. The van der Waals surface area contributed by atoms with Crippen molar-refractivity contribution in [3.8, 4) is 11.5 Å². The van der Waals surface area contributed by atoms with E-state index in [4.69, 9.17) is 10.5 Å². The fourth-order valence-electron chi connectivity index (χ4n) is 3.88. The molecule has 4 rings (SSSR count). The van der Waals surface area contributed by atoms with Gasteiger partial charge in [0.25, 0.3) is 5.91 Å². The molecule has 0 spiro atoms. The Morgan fingerprint density at radius 3 is 2.70 bits per heavy atom. The number of nitrogen functional groups attached to an aromatic ring is 1. The maximum Gasteiger partial charge on any atom is 0.256 e. The molecule has 1 aliphatic heterocycles. The van der Waals surface area contributed by atoms with Crippen molar-refractivity contribution >= 4 is 23.3 Å². The van der Waals surface area contributed by atoms with Crippen molar-refractivity contribution in [1.29, 1.82) is 0 Å². The highest BCUT2D eigenvalue weighted by atomic mass is 19.1. The summed E-state index contributed by atoms with van der Waals surface area (Å²) < 4.78 is 21.3. The Labute approximate surface area is 214 Å². The Balaban J connectivity index is 1.65. The zero-order valence-electron chi connectivity index (χ0n) is 21.0. The molecule has 0 atom stereocenters. The molecule has 3 N–H and O–H groups in total. The molecule has 9 nitrogen and oxygen atoms in total. The van der Waals surface area contributed by atoms with Crippen molar-refractivity contribution in [2.24, 2.45) is 4.99 Å². The van der Waals surface area contributed by atoms with Crippen LogP contribution in [0.1, 0.15) is 34.1 Å². The van der Waals surface area contributed by atoms with Crippen LogP contribution >= 0.6 is 0 Å². The molecular formula is C27H28FN7O2. The van der Waals surface area contributed by atoms with Gasteiger partial charge in [-0.3, -0.25) is 9.48 Å². The van der Waals surface area contributed by atoms with E-state index in [1.165, 1.54) is 6.20 Å². The van der Waals surface area contributed by atoms with Gasteiger partial charge in [-0.2, -0.15) is 5.10 Å². The van der Waals surface area contributed by atoms with Crippen LogP contribution in [-0.4, -0.2) is 44.7 Å². The second-order valence-corrected chi connectivity index (χ2v) is 8.44. The van der Waals surface area contributed by atoms with E-state index < -0.39 is 5.83 Å². The van der Waals surface area contributed by atoms with Crippen molar-refractivity contribution in [3.63, 3.8) is 0 Å². The molecule has 3 heterocycles. The molecule has 0 fully saturated rings. The molecule has 1 aromatic carbocycles. The number of nitrogens with two attached hydrogens (primary N) is 1. The number of rotatable bonds is 8. The number of aliphatic imine (C=N–C) groups is 1. The monoisotopic (exact) mass is 501 g/mol. The van der Waals surface area contributed by atoms with E-state index in [0.29, 0.717) is 41.6 Å². The SMILES string of the molecule is C=C(F)/C(=C\C=C/C)Cn1nc(-c2ncc(NC(=O)c3c(C)cccc3C)c(N)n2)cc1C1=NCCO1. The Morgan fingerprint density at radius 2 is 2.08 bits per heavy atom. The highest BCUT2D eigenvalue weighted by Gasteiger charge is 2.22. The first kappa shape index (κ1) is 25.5. The summed E-state index contributed by atoms with van der Waals surface area (Å²) in [5.41, 5.74) is 10.0. The quantitative estimate of drug-likeness (QED) is 0.437. The van der Waals surface area contributed by atoms with Gasteiger partial charge in [-0.05, 0) is 31.9 Å². The maximum absolute atomic E-state index is 14.1. The van der Waals surface area contributed by atoms with Gasteiger partial charge in [0.15, 0.2) is 11.6 Å². The first-order valence-corrected chi connectivity index (χ1v) is 11.7. The lowest BCUT2D eigenvalue weighted by atomic mass is 10.0. The summed E-state index contributed by atoms with van der Waals surface area (Å²) in [5.74, 6) is -0.146. The van der Waals surface area contributed by atoms with Gasteiger partial charge < -0.3 is 15.8 Å². The van der Waals surface area contributed by atoms with Crippen molar-refractivity contribution < 1.29 is 13.9 Å². The molecule has 37 heavy (non-hydrogen) atoms. The summed E-state index contributed by atoms with van der Waals surface area (Å²) in [5, 5.41) is 7.36. The predicted molar refractivity (Wildman–Crippen MR) is 142 cm³/mol. The summed E-state index contributed by atoms with van der Waals surface area (Å²) in [6.07, 6.45) is 6.59. The largest absolute Gasteiger partial charge is 0.474 e. The normalized spacial score (nSPS) is 13.5. The summed E-state index contributed by atoms with van der Waals surface area (Å²) in [6, 6.07) is 7.34. The van der Waals surface area contributed by atoms with Crippen LogP contribution in [0.15, 0.2) is 71.7 Å². The first-order chi connectivity index (χ1) is 17.8. The minimum absolute atomic E-state index is 0.0842. The molecule has 0 radical (unpaired) electrons. The van der Waals surface area contributed by atoms with Gasteiger partial charge >= 0.3 is 0 Å². The van der Waals surface area contributed by atoms with Crippen LogP contribution in [0, 0.1) is 13.8 Å². The number of carbonyl (C=O) groups is 1. The summed E-state index contributed by atoms with van der Waals surface area (Å²) in [4.78, 5) is 26.0. The lowest BCUT2D eigenvalue weighted by molar-refractivity contribution is 0.102. The molecule has 2 aromatic heterocycles. The fourth-order valence-corrected chi connectivity index (χ4v) is 3.88. The first-order valence-electron chi connectivity index (χ1n) is 11.7. The Kier molecular flexibility index (Phi) is 7.57. The summed E-state index contributed by atoms with van der Waals surface area (Å²) in [7, 11) is 0. The predicted octanol–water partition coefficient (Wildman–Crippen LogP) is 4.55. The number of anilines is 2. The minimum atomic E-state index is -0.570. The van der Waals surface area contributed by atoms with Gasteiger partial charge in [-0.15, -0.1) is 0 Å². The van der Waals surface area contributed by atoms with Gasteiger partial charge in [-0.25, -0.2) is 19.4 Å². The summed E-state index contributed by atoms with van der Waals surface area (Å²) >= 11 is 0. The Morgan fingerprint density at radius 1 is 1.32 bits per heavy atom. The number of aromatic nitrogens is 4. The van der Waals surface area contributed by atoms with Gasteiger partial charge in [0.1, 0.15) is 29.5 Å². The van der Waals surface area contributed by atoms with Crippen LogP contribution in [0.5, 0.6) is 0 Å². The third-order valence-corrected chi connectivity index (χ3v) is 5.75. The molecule has 190 valence electrons. The van der Waals surface area contributed by atoms with Crippen LogP contribution < -0.4 is 11.1 Å². The van der Waals surface area contributed by atoms with Crippen molar-refractivity contribution in [2.45, 2.75) is 27.3 Å². The highest BCUT2D eigenvalue weighted by Crippen LogP contribution is 2.24. The number of hydrogen-bond donors (Lipinski definition) is 2. The van der Waals surface area contributed by atoms with Crippen LogP contribution in [0.4, 0.5) is 15.9 Å². The molecule has 1 amide bonds. The van der Waals surface area contributed by atoms with E-state index in [-0.39, 0.29) is 29.8 Å². The lowest BCUT2D eigenvalue weighted by Crippen LogP contribution is -2.17. The van der Waals surface area contributed by atoms with Crippen molar-refractivity contribution in [3.05, 3.63) is 89.1 Å². The summed E-state index contributed by atoms with van der Waals surface area (Å²) in [6.45, 7) is 10.1. The van der Waals surface area contributed by atoms with Crippen LogP contribution in [0.3, 0.4) is 0 Å². The maximum atomic E-state index is 14.1. The number of allylic oxidation sites excluding steroid dienone is 5. The molecular weight excluding hydrogens is 473 g/mol. The van der Waals surface area contributed by atoms with E-state index in [1.807, 2.05) is 39.0 Å². The molecule has 3 aromatic rings. The topological polar surface area (TPSA) is 120 Å². The molecule has 0 saturated carbocycles. The molecule has 0 aliphatic carbocycles. The van der Waals surface area contributed by atoms with Crippen LogP contribution in [-0.2, 0) is 11.3 Å². The van der Waals surface area contributed by atoms with Gasteiger partial charge in [-0.1, -0.05) is 43.0 Å². The second-order valence-electron chi connectivity index (χ2n) is 8.44. The molecule has 0 bridgehead atoms. The van der Waals surface area contributed by atoms with E-state index >= 15 is 0 Å². The highest BCUT2D eigenvalue weighted by molar-refractivity contribution is 6.07. The number of halogens is 1. The van der Waals surface area contributed by atoms with E-state index in [9.17, 15) is 9.18 Å². The Hall–Kier alpha value is -4.60. The molecule has 10 heteroatoms. The average molecular weight is 502 g/mol. The van der Waals surface area contributed by atoms with Crippen LogP contribution in [0.2, 0.25) is 0 Å². The third-order valence-electron chi connectivity index (χ3n) is 5.75. The number of benzene rings is 1. The van der Waals surface area contributed by atoms with E-state index in [2.05, 4.69) is 32.0 Å². The van der Waals surface area contributed by atoms with E-state index in [0.717, 1.165) is 11.1 Å². The zero-order valence-corrected chi connectivity index (χ0v) is 21.0. The number of nitrogens with one attached hydrogen (secondary N) is 1. The molecule has 0 unspecified atom stereocenters. The van der Waals surface area contributed by atoms with Gasteiger partial charge in [0, 0.05) is 17.2 Å². The van der Waals surface area contributed by atoms with E-state index in [1.54, 1.807) is 29.0 Å². The smallest absolute Gasteiger partial charge is 0.256 e. The number of ether oxygens (including phenoxy) is 1. The molecule has 0 saturated heterocycles. The number of carbonyl (C=O) groups excluding carboxylic acids is 1. The standard InChI is InChI=1S/C27H28FN7O2/c1-5-6-10-19(18(4)28)15-35-22(27-30-11-12-37-27)13-20(34-35)25-31-14-21(24(29)33-25)32-26(36)23-16(2)8-7-9-17(23)3/h5-10,13-14H,4,11-12,15H2,1-3H3,(H,32,36)(H2,29,31,33)/b6-5-,19-10-. The lowest BCUT2D eigenvalue weighted by Gasteiger charge is -2.11. The number of amides is 1. The number of nitrogens with zero attached hydrogens (tertiary/aromatic N) is 5. The van der Waals surface area contributed by atoms with Crippen molar-refractivity contribution in [2.75, 3.05) is 24.2 Å². The van der Waals surface area contributed by atoms with Crippen molar-refractivity contribution in [1.82, 2.24) is 19.7 Å². The van der Waals surface area contributed by atoms with Crippen LogP contribution in [0.25, 0.3) is 11.5 Å². The van der Waals surface area contributed by atoms with Gasteiger partial charge in [0.05, 0.1) is 19.3 Å². The third kappa shape index (κ3) is 5.64. The second kappa shape index (κ2) is 11.0. The fraction of sp³-hybridized carbons (Fsp3) is 0.222. The molecule has 1 aliphatic rings.